The molecule has 2 rings (SSSR count). The summed E-state index contributed by atoms with van der Waals surface area (Å²) in [5.74, 6) is 0. The van der Waals surface area contributed by atoms with Crippen LogP contribution in [-0.4, -0.2) is 6.54 Å². The fourth-order valence-corrected chi connectivity index (χ4v) is 1.94. The molecule has 2 aromatic rings. The van der Waals surface area contributed by atoms with Gasteiger partial charge in [-0.1, -0.05) is 52.3 Å². The first kappa shape index (κ1) is 11.4. The van der Waals surface area contributed by atoms with Crippen molar-refractivity contribution >= 4 is 15.9 Å². The molecule has 0 spiro atoms. The molecule has 0 fully saturated rings. The van der Waals surface area contributed by atoms with Crippen molar-refractivity contribution in [3.8, 4) is 11.1 Å². The summed E-state index contributed by atoms with van der Waals surface area (Å²) >= 11 is 3.44. The van der Waals surface area contributed by atoms with Crippen LogP contribution >= 0.6 is 15.9 Å². The lowest BCUT2D eigenvalue weighted by Gasteiger charge is -2.03. The average Bonchev–Trinajstić information content (AvgIpc) is 2.32. The number of halogens is 1. The fraction of sp³-hybridized carbons (Fsp3) is 0.143. The van der Waals surface area contributed by atoms with Crippen molar-refractivity contribution in [2.75, 3.05) is 6.54 Å². The minimum Gasteiger partial charge on any atom is -0.330 e. The van der Waals surface area contributed by atoms with E-state index in [1.54, 1.807) is 0 Å². The quantitative estimate of drug-likeness (QED) is 0.910. The first-order chi connectivity index (χ1) is 7.79. The molecule has 0 aliphatic rings. The van der Waals surface area contributed by atoms with E-state index in [9.17, 15) is 0 Å². The van der Waals surface area contributed by atoms with Crippen molar-refractivity contribution in [3.63, 3.8) is 0 Å². The molecule has 0 aromatic heterocycles. The van der Waals surface area contributed by atoms with Crippen molar-refractivity contribution in [2.45, 2.75) is 6.42 Å². The molecule has 0 aliphatic carbocycles. The summed E-state index contributed by atoms with van der Waals surface area (Å²) in [5.41, 5.74) is 9.30. The summed E-state index contributed by atoms with van der Waals surface area (Å²) in [5, 5.41) is 0. The zero-order valence-corrected chi connectivity index (χ0v) is 10.6. The SMILES string of the molecule is NCCc1ccc(-c2ccc(Br)cc2)cc1. The highest BCUT2D eigenvalue weighted by Gasteiger charge is 1.97. The minimum absolute atomic E-state index is 0.706. The highest BCUT2D eigenvalue weighted by molar-refractivity contribution is 9.10. The Labute approximate surface area is 104 Å². The summed E-state index contributed by atoms with van der Waals surface area (Å²) in [6.45, 7) is 0.706. The molecule has 16 heavy (non-hydrogen) atoms. The highest BCUT2D eigenvalue weighted by atomic mass is 79.9. The monoisotopic (exact) mass is 275 g/mol. The number of hydrogen-bond acceptors (Lipinski definition) is 1. The first-order valence-electron chi connectivity index (χ1n) is 5.34. The number of nitrogens with two attached hydrogens (primary N) is 1. The summed E-state index contributed by atoms with van der Waals surface area (Å²) in [6.07, 6.45) is 0.945. The molecule has 0 atom stereocenters. The second kappa shape index (κ2) is 5.28. The molecule has 0 amide bonds. The third-order valence-electron chi connectivity index (χ3n) is 2.56. The Morgan fingerprint density at radius 2 is 1.31 bits per heavy atom. The highest BCUT2D eigenvalue weighted by Crippen LogP contribution is 2.22. The molecule has 0 saturated carbocycles. The lowest BCUT2D eigenvalue weighted by atomic mass is 10.0. The normalized spacial score (nSPS) is 10.4. The molecule has 0 saturated heterocycles. The molecule has 0 radical (unpaired) electrons. The number of hydrogen-bond donors (Lipinski definition) is 1. The second-order valence-corrected chi connectivity index (χ2v) is 4.66. The maximum Gasteiger partial charge on any atom is 0.0175 e. The second-order valence-electron chi connectivity index (χ2n) is 3.74. The van der Waals surface area contributed by atoms with Crippen LogP contribution < -0.4 is 5.73 Å². The smallest absolute Gasteiger partial charge is 0.0175 e. The van der Waals surface area contributed by atoms with Crippen LogP contribution in [0, 0.1) is 0 Å². The van der Waals surface area contributed by atoms with E-state index in [4.69, 9.17) is 5.73 Å². The summed E-state index contributed by atoms with van der Waals surface area (Å²) < 4.78 is 1.11. The molecule has 2 N–H and O–H groups in total. The van der Waals surface area contributed by atoms with Crippen LogP contribution in [0.5, 0.6) is 0 Å². The van der Waals surface area contributed by atoms with Gasteiger partial charge in [-0.3, -0.25) is 0 Å². The first-order valence-corrected chi connectivity index (χ1v) is 6.14. The molecule has 2 heteroatoms. The number of benzene rings is 2. The lowest BCUT2D eigenvalue weighted by molar-refractivity contribution is 0.969. The van der Waals surface area contributed by atoms with Gasteiger partial charge in [0, 0.05) is 4.47 Å². The van der Waals surface area contributed by atoms with Gasteiger partial charge in [-0.25, -0.2) is 0 Å². The maximum atomic E-state index is 5.52. The Morgan fingerprint density at radius 3 is 1.81 bits per heavy atom. The van der Waals surface area contributed by atoms with Crippen molar-refractivity contribution in [1.82, 2.24) is 0 Å². The van der Waals surface area contributed by atoms with Crippen LogP contribution in [0.2, 0.25) is 0 Å². The topological polar surface area (TPSA) is 26.0 Å². The van der Waals surface area contributed by atoms with E-state index in [-0.39, 0.29) is 0 Å². The molecule has 0 aliphatic heterocycles. The van der Waals surface area contributed by atoms with Gasteiger partial charge in [0.25, 0.3) is 0 Å². The van der Waals surface area contributed by atoms with Crippen molar-refractivity contribution in [1.29, 1.82) is 0 Å². The zero-order chi connectivity index (χ0) is 11.4. The van der Waals surface area contributed by atoms with E-state index < -0.39 is 0 Å². The molecule has 0 unspecified atom stereocenters. The third-order valence-corrected chi connectivity index (χ3v) is 3.09. The molecular weight excluding hydrogens is 262 g/mol. The molecule has 0 bridgehead atoms. The predicted molar refractivity (Wildman–Crippen MR) is 72.3 cm³/mol. The molecule has 82 valence electrons. The fourth-order valence-electron chi connectivity index (χ4n) is 1.67. The van der Waals surface area contributed by atoms with Crippen molar-refractivity contribution < 1.29 is 0 Å². The largest absolute Gasteiger partial charge is 0.330 e. The summed E-state index contributed by atoms with van der Waals surface area (Å²) in [4.78, 5) is 0. The Kier molecular flexibility index (Phi) is 3.75. The molecule has 1 nitrogen and oxygen atoms in total. The van der Waals surface area contributed by atoms with Crippen LogP contribution in [0.25, 0.3) is 11.1 Å². The van der Waals surface area contributed by atoms with Gasteiger partial charge in [-0.15, -0.1) is 0 Å². The van der Waals surface area contributed by atoms with Gasteiger partial charge < -0.3 is 5.73 Å². The Balaban J connectivity index is 2.24. The Morgan fingerprint density at radius 1 is 0.812 bits per heavy atom. The van der Waals surface area contributed by atoms with Crippen LogP contribution in [-0.2, 0) is 6.42 Å². The van der Waals surface area contributed by atoms with Crippen LogP contribution in [0.1, 0.15) is 5.56 Å². The standard InChI is InChI=1S/C14H14BrN/c15-14-7-5-13(6-8-14)12-3-1-11(2-4-12)9-10-16/h1-8H,9-10,16H2. The van der Waals surface area contributed by atoms with Gasteiger partial charge >= 0.3 is 0 Å². The zero-order valence-electron chi connectivity index (χ0n) is 8.99. The van der Waals surface area contributed by atoms with Gasteiger partial charge in [0.05, 0.1) is 0 Å². The average molecular weight is 276 g/mol. The molecule has 0 heterocycles. The Bertz CT molecular complexity index is 445. The Hall–Kier alpha value is -1.12. The van der Waals surface area contributed by atoms with Crippen LogP contribution in [0.4, 0.5) is 0 Å². The van der Waals surface area contributed by atoms with Gasteiger partial charge in [0.15, 0.2) is 0 Å². The van der Waals surface area contributed by atoms with Gasteiger partial charge in [0.1, 0.15) is 0 Å². The molecule has 2 aromatic carbocycles. The van der Waals surface area contributed by atoms with Crippen LogP contribution in [0.15, 0.2) is 53.0 Å². The van der Waals surface area contributed by atoms with Crippen LogP contribution in [0.3, 0.4) is 0 Å². The van der Waals surface area contributed by atoms with Gasteiger partial charge in [0.2, 0.25) is 0 Å². The third kappa shape index (κ3) is 2.71. The lowest BCUT2D eigenvalue weighted by Crippen LogP contribution is -2.02. The van der Waals surface area contributed by atoms with Crippen molar-refractivity contribution in [2.24, 2.45) is 5.73 Å². The summed E-state index contributed by atoms with van der Waals surface area (Å²) in [6, 6.07) is 16.9. The van der Waals surface area contributed by atoms with Crippen molar-refractivity contribution in [3.05, 3.63) is 58.6 Å². The predicted octanol–water partition coefficient (Wildman–Crippen LogP) is 3.62. The number of rotatable bonds is 3. The van der Waals surface area contributed by atoms with E-state index in [0.29, 0.717) is 6.54 Å². The van der Waals surface area contributed by atoms with Gasteiger partial charge in [-0.05, 0) is 41.8 Å². The van der Waals surface area contributed by atoms with E-state index in [0.717, 1.165) is 10.9 Å². The minimum atomic E-state index is 0.706. The summed E-state index contributed by atoms with van der Waals surface area (Å²) in [7, 11) is 0. The van der Waals surface area contributed by atoms with E-state index in [1.807, 2.05) is 0 Å². The van der Waals surface area contributed by atoms with E-state index >= 15 is 0 Å². The molecular formula is C14H14BrN. The van der Waals surface area contributed by atoms with E-state index in [1.165, 1.54) is 16.7 Å². The van der Waals surface area contributed by atoms with E-state index in [2.05, 4.69) is 64.5 Å². The van der Waals surface area contributed by atoms with Gasteiger partial charge in [-0.2, -0.15) is 0 Å². The maximum absolute atomic E-state index is 5.52.